The summed E-state index contributed by atoms with van der Waals surface area (Å²) in [5.74, 6) is -0.323. The van der Waals surface area contributed by atoms with Crippen molar-refractivity contribution in [3.05, 3.63) is 120 Å². The zero-order valence-electron chi connectivity index (χ0n) is 29.6. The maximum atomic E-state index is 13.8. The minimum Gasteiger partial charge on any atom is -0.490 e. The van der Waals surface area contributed by atoms with Gasteiger partial charge in [0.05, 0.1) is 38.1 Å². The van der Waals surface area contributed by atoms with E-state index >= 15 is 0 Å². The van der Waals surface area contributed by atoms with Crippen molar-refractivity contribution in [2.45, 2.75) is 44.0 Å². The van der Waals surface area contributed by atoms with Gasteiger partial charge in [0, 0.05) is 51.0 Å². The number of likely N-dealkylation sites (tertiary alicyclic amines) is 1. The van der Waals surface area contributed by atoms with Crippen molar-refractivity contribution in [1.29, 1.82) is 0 Å². The van der Waals surface area contributed by atoms with Crippen LogP contribution in [0.5, 0.6) is 11.5 Å². The Morgan fingerprint density at radius 3 is 2.56 bits per heavy atom. The fourth-order valence-corrected chi connectivity index (χ4v) is 6.67. The number of amides is 1. The van der Waals surface area contributed by atoms with Crippen molar-refractivity contribution < 1.29 is 37.3 Å². The lowest BCUT2D eigenvalue weighted by Crippen LogP contribution is -2.49. The van der Waals surface area contributed by atoms with E-state index in [1.165, 1.54) is 0 Å². The average Bonchev–Trinajstić information content (AvgIpc) is 3.18. The van der Waals surface area contributed by atoms with Gasteiger partial charge in [-0.05, 0) is 66.8 Å². The Bertz CT molecular complexity index is 1710. The number of halogens is 2. The van der Waals surface area contributed by atoms with Crippen LogP contribution in [0.1, 0.15) is 36.3 Å². The Kier molecular flexibility index (Phi) is 13.2. The Hall–Kier alpha value is -4.87. The summed E-state index contributed by atoms with van der Waals surface area (Å²) in [6.45, 7) is 4.57. The molecule has 1 saturated heterocycles. The second-order valence-electron chi connectivity index (χ2n) is 13.1. The van der Waals surface area contributed by atoms with Gasteiger partial charge in [-0.15, -0.1) is 0 Å². The number of carbonyl (C=O) groups excluding carboxylic acids is 1. The number of para-hydroxylation sites is 2. The molecule has 11 heteroatoms. The molecule has 52 heavy (non-hydrogen) atoms. The molecule has 0 saturated carbocycles. The van der Waals surface area contributed by atoms with Gasteiger partial charge in [0.2, 0.25) is 0 Å². The molecule has 1 N–H and O–H groups in total. The van der Waals surface area contributed by atoms with Crippen LogP contribution in [0.4, 0.5) is 25.0 Å². The predicted molar refractivity (Wildman–Crippen MR) is 196 cm³/mol. The summed E-state index contributed by atoms with van der Waals surface area (Å²) in [7, 11) is 1.72. The molecule has 2 aliphatic rings. The van der Waals surface area contributed by atoms with Crippen LogP contribution < -0.4 is 19.7 Å². The first kappa shape index (κ1) is 36.9. The molecular formula is C41H47F2N3O6. The summed E-state index contributed by atoms with van der Waals surface area (Å²) in [4.78, 5) is 17.3. The highest BCUT2D eigenvalue weighted by molar-refractivity contribution is 5.68. The second-order valence-corrected chi connectivity index (χ2v) is 13.1. The summed E-state index contributed by atoms with van der Waals surface area (Å²) >= 11 is 0. The number of fused-ring (bicyclic) bond motifs is 1. The minimum absolute atomic E-state index is 0.0514. The van der Waals surface area contributed by atoms with E-state index in [0.717, 1.165) is 59.4 Å². The van der Waals surface area contributed by atoms with Crippen LogP contribution in [-0.4, -0.2) is 82.9 Å². The first-order valence-corrected chi connectivity index (χ1v) is 18.0. The second kappa shape index (κ2) is 18.6. The largest absolute Gasteiger partial charge is 0.490 e. The van der Waals surface area contributed by atoms with E-state index in [9.17, 15) is 13.6 Å². The molecule has 2 aliphatic heterocycles. The number of benzene rings is 4. The lowest BCUT2D eigenvalue weighted by Gasteiger charge is -2.40. The number of piperidine rings is 1. The zero-order chi connectivity index (χ0) is 36.1. The van der Waals surface area contributed by atoms with E-state index < -0.39 is 11.6 Å². The number of methoxy groups -OCH3 is 1. The van der Waals surface area contributed by atoms with Crippen LogP contribution in [0, 0.1) is 11.6 Å². The fraction of sp³-hybridized carbons (Fsp3) is 0.390. The lowest BCUT2D eigenvalue weighted by molar-refractivity contribution is -0.0435. The van der Waals surface area contributed by atoms with Crippen molar-refractivity contribution >= 4 is 17.5 Å². The van der Waals surface area contributed by atoms with Crippen molar-refractivity contribution in [1.82, 2.24) is 4.90 Å². The molecule has 276 valence electrons. The third-order valence-corrected chi connectivity index (χ3v) is 9.36. The van der Waals surface area contributed by atoms with Gasteiger partial charge < -0.3 is 38.8 Å². The molecule has 9 nitrogen and oxygen atoms in total. The molecule has 4 aromatic rings. The molecule has 0 bridgehead atoms. The molecular weight excluding hydrogens is 668 g/mol. The first-order chi connectivity index (χ1) is 25.5. The van der Waals surface area contributed by atoms with E-state index in [4.69, 9.17) is 23.7 Å². The average molecular weight is 716 g/mol. The van der Waals surface area contributed by atoms with Crippen molar-refractivity contribution in [3.63, 3.8) is 0 Å². The molecule has 1 amide bonds. The van der Waals surface area contributed by atoms with Crippen LogP contribution in [0.25, 0.3) is 0 Å². The summed E-state index contributed by atoms with van der Waals surface area (Å²) in [5.41, 5.74) is 4.06. The predicted octanol–water partition coefficient (Wildman–Crippen LogP) is 7.66. The van der Waals surface area contributed by atoms with Gasteiger partial charge in [-0.1, -0.05) is 54.6 Å². The summed E-state index contributed by atoms with van der Waals surface area (Å²) in [6, 6.07) is 29.1. The van der Waals surface area contributed by atoms with Crippen LogP contribution in [0.15, 0.2) is 97.1 Å². The van der Waals surface area contributed by atoms with Crippen LogP contribution in [-0.2, 0) is 20.8 Å². The van der Waals surface area contributed by atoms with Gasteiger partial charge in [-0.25, -0.2) is 13.6 Å². The number of carbonyl (C=O) groups is 1. The summed E-state index contributed by atoms with van der Waals surface area (Å²) < 4.78 is 56.8. The Morgan fingerprint density at radius 2 is 1.73 bits per heavy atom. The molecule has 3 atom stereocenters. The Labute approximate surface area is 304 Å². The molecule has 3 unspecified atom stereocenters. The monoisotopic (exact) mass is 715 g/mol. The molecule has 0 spiro atoms. The normalized spacial score (nSPS) is 18.3. The van der Waals surface area contributed by atoms with Gasteiger partial charge in [0.1, 0.15) is 24.3 Å². The summed E-state index contributed by atoms with van der Waals surface area (Å²) in [6.07, 6.45) is 1.39. The molecule has 2 heterocycles. The van der Waals surface area contributed by atoms with Crippen LogP contribution >= 0.6 is 0 Å². The topological polar surface area (TPSA) is 81.7 Å². The van der Waals surface area contributed by atoms with Gasteiger partial charge in [0.25, 0.3) is 0 Å². The number of nitrogens with zero attached hydrogens (tertiary/aromatic N) is 2. The minimum atomic E-state index is -0.585. The SMILES string of the molecule is COCCCN1CC(COC2CN(C(=O)OCc3ccccc3)CCC2c2ccc(NCCCOc3cc(F)ccc3F)cc2)Oc2ccccc21. The van der Waals surface area contributed by atoms with E-state index in [1.54, 1.807) is 12.0 Å². The first-order valence-electron chi connectivity index (χ1n) is 18.0. The Balaban J connectivity index is 1.07. The van der Waals surface area contributed by atoms with Crippen molar-refractivity contribution in [2.75, 3.05) is 69.9 Å². The fourth-order valence-electron chi connectivity index (χ4n) is 6.67. The van der Waals surface area contributed by atoms with E-state index in [-0.39, 0.29) is 43.2 Å². The quantitative estimate of drug-likeness (QED) is 0.119. The standard InChI is InChI=1S/C41H47F2N3O6/c1-48-23-8-21-45-26-34(52-38-12-6-5-11-37(38)45)29-50-40-27-46(41(47)51-28-30-9-3-2-4-10-30)22-19-35(40)31-13-16-33(17-14-31)44-20-7-24-49-39-25-32(42)15-18-36(39)43/h2-6,9-18,25,34-35,40,44H,7-8,19-24,26-29H2,1H3. The van der Waals surface area contributed by atoms with Crippen molar-refractivity contribution in [2.24, 2.45) is 0 Å². The zero-order valence-corrected chi connectivity index (χ0v) is 29.6. The molecule has 0 aliphatic carbocycles. The smallest absolute Gasteiger partial charge is 0.410 e. The van der Waals surface area contributed by atoms with Gasteiger partial charge in [-0.2, -0.15) is 0 Å². The highest BCUT2D eigenvalue weighted by Crippen LogP contribution is 2.35. The number of hydrogen-bond donors (Lipinski definition) is 1. The molecule has 0 aromatic heterocycles. The highest BCUT2D eigenvalue weighted by atomic mass is 19.1. The van der Waals surface area contributed by atoms with Crippen LogP contribution in [0.2, 0.25) is 0 Å². The maximum Gasteiger partial charge on any atom is 0.410 e. The number of rotatable bonds is 16. The van der Waals surface area contributed by atoms with Crippen LogP contribution in [0.3, 0.4) is 0 Å². The number of anilines is 2. The van der Waals surface area contributed by atoms with E-state index in [2.05, 4.69) is 28.4 Å². The summed E-state index contributed by atoms with van der Waals surface area (Å²) in [5, 5.41) is 3.37. The molecule has 0 radical (unpaired) electrons. The van der Waals surface area contributed by atoms with E-state index in [0.29, 0.717) is 52.2 Å². The molecule has 1 fully saturated rings. The van der Waals surface area contributed by atoms with Gasteiger partial charge in [-0.3, -0.25) is 0 Å². The van der Waals surface area contributed by atoms with Crippen molar-refractivity contribution in [3.8, 4) is 11.5 Å². The lowest BCUT2D eigenvalue weighted by atomic mass is 9.87. The highest BCUT2D eigenvalue weighted by Gasteiger charge is 2.35. The van der Waals surface area contributed by atoms with Gasteiger partial charge in [0.15, 0.2) is 11.6 Å². The number of ether oxygens (including phenoxy) is 5. The van der Waals surface area contributed by atoms with Gasteiger partial charge >= 0.3 is 6.09 Å². The maximum absolute atomic E-state index is 13.8. The number of nitrogens with one attached hydrogen (secondary N) is 1. The third-order valence-electron chi connectivity index (χ3n) is 9.36. The third kappa shape index (κ3) is 10.1. The molecule has 4 aromatic carbocycles. The number of hydrogen-bond acceptors (Lipinski definition) is 8. The Morgan fingerprint density at radius 1 is 0.923 bits per heavy atom. The molecule has 6 rings (SSSR count). The van der Waals surface area contributed by atoms with E-state index in [1.807, 2.05) is 60.7 Å².